The van der Waals surface area contributed by atoms with E-state index in [1.165, 1.54) is 0 Å². The quantitative estimate of drug-likeness (QED) is 0.810. The van der Waals surface area contributed by atoms with Crippen molar-refractivity contribution in [2.24, 2.45) is 0 Å². The number of nitrogens with zero attached hydrogens (tertiary/aromatic N) is 1. The molecule has 1 aromatic carbocycles. The van der Waals surface area contributed by atoms with Crippen LogP contribution in [0.15, 0.2) is 18.2 Å². The molecule has 3 rings (SSSR count). The van der Waals surface area contributed by atoms with Crippen LogP contribution in [0.25, 0.3) is 0 Å². The Morgan fingerprint density at radius 3 is 2.96 bits per heavy atom. The second kappa shape index (κ2) is 6.88. The number of benzene rings is 1. The third-order valence-corrected chi connectivity index (χ3v) is 6.27. The third-order valence-electron chi connectivity index (χ3n) is 4.52. The van der Waals surface area contributed by atoms with Crippen molar-refractivity contribution in [1.82, 2.24) is 4.90 Å². The summed E-state index contributed by atoms with van der Waals surface area (Å²) < 4.78 is 5.14. The van der Waals surface area contributed by atoms with E-state index in [1.54, 1.807) is 34.9 Å². The second-order valence-corrected chi connectivity index (χ2v) is 8.32. The van der Waals surface area contributed by atoms with Crippen LogP contribution in [0.2, 0.25) is 5.02 Å². The van der Waals surface area contributed by atoms with Gasteiger partial charge in [0.2, 0.25) is 5.91 Å². The number of aryl methyl sites for hydroxylation is 1. The van der Waals surface area contributed by atoms with Gasteiger partial charge >= 0.3 is 5.97 Å². The van der Waals surface area contributed by atoms with E-state index in [1.807, 2.05) is 13.8 Å². The Labute approximate surface area is 155 Å². The highest BCUT2D eigenvalue weighted by Crippen LogP contribution is 2.47. The first-order valence-electron chi connectivity index (χ1n) is 7.99. The largest absolute Gasteiger partial charge is 0.454 e. The van der Waals surface area contributed by atoms with Gasteiger partial charge in [-0.3, -0.25) is 9.59 Å². The number of carbonyl (C=O) groups excluding carboxylic acids is 3. The molecule has 2 amide bonds. The molecule has 2 saturated heterocycles. The molecule has 1 N–H and O–H groups in total. The highest BCUT2D eigenvalue weighted by Gasteiger charge is 2.53. The Morgan fingerprint density at radius 2 is 2.24 bits per heavy atom. The first-order chi connectivity index (χ1) is 11.8. The molecular weight excluding hydrogens is 364 g/mol. The molecule has 0 bridgehead atoms. The fraction of sp³-hybridized carbons (Fsp3) is 0.471. The summed E-state index contributed by atoms with van der Waals surface area (Å²) >= 11 is 7.47. The highest BCUT2D eigenvalue weighted by molar-refractivity contribution is 8.01. The summed E-state index contributed by atoms with van der Waals surface area (Å²) in [4.78, 5) is 37.7. The van der Waals surface area contributed by atoms with Crippen LogP contribution in [-0.2, 0) is 19.1 Å². The molecule has 2 aliphatic rings. The second-order valence-electron chi connectivity index (χ2n) is 6.38. The van der Waals surface area contributed by atoms with Crippen LogP contribution in [-0.4, -0.2) is 46.0 Å². The van der Waals surface area contributed by atoms with Gasteiger partial charge in [-0.05, 0) is 44.0 Å². The van der Waals surface area contributed by atoms with Gasteiger partial charge in [-0.15, -0.1) is 11.8 Å². The van der Waals surface area contributed by atoms with Gasteiger partial charge in [0.15, 0.2) is 6.61 Å². The van der Waals surface area contributed by atoms with Gasteiger partial charge in [0, 0.05) is 22.9 Å². The Kier molecular flexibility index (Phi) is 4.97. The number of fused-ring (bicyclic) bond motifs is 1. The molecule has 2 atom stereocenters. The number of hydrogen-bond donors (Lipinski definition) is 1. The normalized spacial score (nSPS) is 25.0. The molecule has 2 aliphatic heterocycles. The van der Waals surface area contributed by atoms with E-state index in [0.717, 1.165) is 12.0 Å². The molecule has 0 spiro atoms. The number of hydrogen-bond acceptors (Lipinski definition) is 5. The van der Waals surface area contributed by atoms with Crippen molar-refractivity contribution in [1.29, 1.82) is 0 Å². The van der Waals surface area contributed by atoms with E-state index < -0.39 is 17.9 Å². The number of amides is 2. The van der Waals surface area contributed by atoms with Gasteiger partial charge in [-0.1, -0.05) is 11.6 Å². The first kappa shape index (κ1) is 18.1. The molecule has 134 valence electrons. The molecule has 0 aromatic heterocycles. The standard InChI is InChI=1S/C17H19ClN2O4S/c1-10-7-11(18)3-4-12(10)19-14(21)8-24-16(23)13-9-25-17(2)6-5-15(22)20(13)17/h3-4,7,13H,5-6,8-9H2,1-2H3,(H,19,21)/t13-,17-/m1/s1. The summed E-state index contributed by atoms with van der Waals surface area (Å²) in [6.45, 7) is 3.40. The number of rotatable bonds is 4. The third kappa shape index (κ3) is 3.62. The Bertz CT molecular complexity index is 741. The first-order valence-corrected chi connectivity index (χ1v) is 9.35. The van der Waals surface area contributed by atoms with E-state index in [9.17, 15) is 14.4 Å². The van der Waals surface area contributed by atoms with Crippen molar-refractivity contribution >= 4 is 46.8 Å². The molecule has 0 radical (unpaired) electrons. The van der Waals surface area contributed by atoms with E-state index in [4.69, 9.17) is 16.3 Å². The summed E-state index contributed by atoms with van der Waals surface area (Å²) in [5, 5.41) is 3.27. The van der Waals surface area contributed by atoms with Crippen LogP contribution >= 0.6 is 23.4 Å². The predicted molar refractivity (Wildman–Crippen MR) is 96.5 cm³/mol. The molecule has 25 heavy (non-hydrogen) atoms. The lowest BCUT2D eigenvalue weighted by molar-refractivity contribution is -0.155. The average molecular weight is 383 g/mol. The minimum atomic E-state index is -0.616. The molecule has 8 heteroatoms. The van der Waals surface area contributed by atoms with Crippen LogP contribution in [0.1, 0.15) is 25.3 Å². The lowest BCUT2D eigenvalue weighted by Gasteiger charge is -2.29. The minimum Gasteiger partial charge on any atom is -0.454 e. The van der Waals surface area contributed by atoms with Gasteiger partial charge in [-0.25, -0.2) is 4.79 Å². The van der Waals surface area contributed by atoms with Gasteiger partial charge in [-0.2, -0.15) is 0 Å². The molecule has 0 aliphatic carbocycles. The molecule has 1 aromatic rings. The average Bonchev–Trinajstić information content (AvgIpc) is 3.04. The molecule has 0 saturated carbocycles. The zero-order valence-corrected chi connectivity index (χ0v) is 15.6. The lowest BCUT2D eigenvalue weighted by atomic mass is 10.2. The van der Waals surface area contributed by atoms with E-state index in [2.05, 4.69) is 5.32 Å². The number of esters is 1. The number of anilines is 1. The lowest BCUT2D eigenvalue weighted by Crippen LogP contribution is -2.47. The van der Waals surface area contributed by atoms with Gasteiger partial charge in [0.25, 0.3) is 5.91 Å². The van der Waals surface area contributed by atoms with Gasteiger partial charge in [0.1, 0.15) is 6.04 Å². The maximum atomic E-state index is 12.3. The van der Waals surface area contributed by atoms with E-state index in [-0.39, 0.29) is 17.4 Å². The Morgan fingerprint density at radius 1 is 1.48 bits per heavy atom. The number of ether oxygens (including phenoxy) is 1. The van der Waals surface area contributed by atoms with E-state index >= 15 is 0 Å². The SMILES string of the molecule is Cc1cc(Cl)ccc1NC(=O)COC(=O)[C@H]1CS[C@]2(C)CCC(=O)N12. The fourth-order valence-corrected chi connectivity index (χ4v) is 4.82. The smallest absolute Gasteiger partial charge is 0.330 e. The maximum Gasteiger partial charge on any atom is 0.330 e. The van der Waals surface area contributed by atoms with Crippen LogP contribution in [0.4, 0.5) is 5.69 Å². The van der Waals surface area contributed by atoms with Crippen molar-refractivity contribution in [2.75, 3.05) is 17.7 Å². The molecule has 6 nitrogen and oxygen atoms in total. The maximum absolute atomic E-state index is 12.3. The summed E-state index contributed by atoms with van der Waals surface area (Å²) in [6, 6.07) is 4.49. The summed E-state index contributed by atoms with van der Waals surface area (Å²) in [5.74, 6) is -0.496. The predicted octanol–water partition coefficient (Wildman–Crippen LogP) is 2.58. The fourth-order valence-electron chi connectivity index (χ4n) is 3.18. The number of halogens is 1. The molecular formula is C17H19ClN2O4S. The number of nitrogens with one attached hydrogen (secondary N) is 1. The van der Waals surface area contributed by atoms with Crippen molar-refractivity contribution in [3.63, 3.8) is 0 Å². The molecule has 0 unspecified atom stereocenters. The summed E-state index contributed by atoms with van der Waals surface area (Å²) in [6.07, 6.45) is 1.18. The molecule has 2 fully saturated rings. The van der Waals surface area contributed by atoms with Crippen LogP contribution < -0.4 is 5.32 Å². The number of carbonyl (C=O) groups is 3. The Balaban J connectivity index is 1.55. The summed E-state index contributed by atoms with van der Waals surface area (Å²) in [5.41, 5.74) is 1.43. The topological polar surface area (TPSA) is 75.7 Å². The van der Waals surface area contributed by atoms with Gasteiger partial charge in [0.05, 0.1) is 4.87 Å². The van der Waals surface area contributed by atoms with Crippen molar-refractivity contribution in [3.8, 4) is 0 Å². The van der Waals surface area contributed by atoms with Crippen molar-refractivity contribution in [2.45, 2.75) is 37.6 Å². The minimum absolute atomic E-state index is 0.0318. The highest BCUT2D eigenvalue weighted by atomic mass is 35.5. The number of thioether (sulfide) groups is 1. The summed E-state index contributed by atoms with van der Waals surface area (Å²) in [7, 11) is 0. The Hall–Kier alpha value is -1.73. The van der Waals surface area contributed by atoms with Crippen molar-refractivity contribution in [3.05, 3.63) is 28.8 Å². The molecule has 2 heterocycles. The van der Waals surface area contributed by atoms with Gasteiger partial charge < -0.3 is 15.0 Å². The zero-order valence-electron chi connectivity index (χ0n) is 14.0. The monoisotopic (exact) mass is 382 g/mol. The van der Waals surface area contributed by atoms with E-state index in [0.29, 0.717) is 22.9 Å². The van der Waals surface area contributed by atoms with Crippen LogP contribution in [0, 0.1) is 6.92 Å². The van der Waals surface area contributed by atoms with Crippen LogP contribution in [0.5, 0.6) is 0 Å². The zero-order chi connectivity index (χ0) is 18.2. The van der Waals surface area contributed by atoms with Crippen LogP contribution in [0.3, 0.4) is 0 Å². The van der Waals surface area contributed by atoms with Crippen molar-refractivity contribution < 1.29 is 19.1 Å².